The summed E-state index contributed by atoms with van der Waals surface area (Å²) in [5, 5.41) is 0. The molecule has 0 atom stereocenters. The Kier molecular flexibility index (Phi) is 46.2. The first-order valence-corrected chi connectivity index (χ1v) is 5.13. The third kappa shape index (κ3) is 24.8. The van der Waals surface area contributed by atoms with Crippen molar-refractivity contribution in [3.63, 3.8) is 0 Å². The van der Waals surface area contributed by atoms with Crippen LogP contribution in [0.5, 0.6) is 0 Å². The van der Waals surface area contributed by atoms with Crippen molar-refractivity contribution >= 4 is 9.52 Å². The predicted molar refractivity (Wildman–Crippen MR) is 40.9 cm³/mol. The van der Waals surface area contributed by atoms with Gasteiger partial charge in [0.25, 0.3) is 0 Å². The Balaban J connectivity index is -0.0000000379. The van der Waals surface area contributed by atoms with E-state index < -0.39 is 0 Å². The largest absolute Gasteiger partial charge is 3.00 e. The predicted octanol–water partition coefficient (Wildman–Crippen LogP) is -4.07. The van der Waals surface area contributed by atoms with Gasteiger partial charge in [-0.2, -0.15) is 18.2 Å². The van der Waals surface area contributed by atoms with E-state index in [4.69, 9.17) is 0 Å². The molecule has 0 bridgehead atoms. The van der Waals surface area contributed by atoms with Crippen LogP contribution in [0, 0.1) is 0 Å². The van der Waals surface area contributed by atoms with E-state index in [0.29, 0.717) is 0 Å². The van der Waals surface area contributed by atoms with Gasteiger partial charge in [-0.15, -0.1) is 0 Å². The van der Waals surface area contributed by atoms with Crippen LogP contribution < -0.4 is 24.8 Å². The van der Waals surface area contributed by atoms with Crippen LogP contribution in [0.4, 0.5) is 0 Å². The molecule has 0 N–H and O–H groups in total. The average molecular weight is 243 g/mol. The molecule has 0 aliphatic rings. The summed E-state index contributed by atoms with van der Waals surface area (Å²) in [4.78, 5) is 0. The quantitative estimate of drug-likeness (QED) is 0.321. The van der Waals surface area contributed by atoms with Gasteiger partial charge in [-0.05, 0) is 0 Å². The first-order valence-electron chi connectivity index (χ1n) is 2.82. The molecule has 0 nitrogen and oxygen atoms in total. The molecule has 11 heavy (non-hydrogen) atoms. The van der Waals surface area contributed by atoms with Gasteiger partial charge in [0.05, 0.1) is 0 Å². The molecule has 0 aliphatic heterocycles. The third-order valence-corrected chi connectivity index (χ3v) is 0.556. The van der Waals surface area contributed by atoms with Gasteiger partial charge >= 0.3 is 21.7 Å². The molecule has 0 unspecified atom stereocenters. The molecule has 2 radical (unpaired) electrons. The summed E-state index contributed by atoms with van der Waals surface area (Å²) in [7, 11) is 0.750. The number of hydrogen-bond donors (Lipinski definition) is 0. The van der Waals surface area contributed by atoms with Crippen LogP contribution in [0.25, 0.3) is 0 Å². The van der Waals surface area contributed by atoms with Crippen molar-refractivity contribution < 1.29 is 46.5 Å². The van der Waals surface area contributed by atoms with E-state index in [-0.39, 0.29) is 46.5 Å². The van der Waals surface area contributed by atoms with Crippen LogP contribution in [-0.2, 0) is 21.7 Å². The standard InChI is InChI=1S/C5H5.C2H7Si.2ClH.Ti/c1-2-4-5-3-1;1-3-2;;;/h1-5H;3H,1-2H3;2*1H;/q-1;;;;+3/p-2. The van der Waals surface area contributed by atoms with E-state index >= 15 is 0 Å². The molecule has 0 fully saturated rings. The zero-order chi connectivity index (χ0) is 6.24. The third-order valence-electron chi connectivity index (χ3n) is 0.556. The minimum absolute atomic E-state index is 0. The van der Waals surface area contributed by atoms with Crippen LogP contribution >= 0.6 is 0 Å². The van der Waals surface area contributed by atoms with Crippen LogP contribution in [0.3, 0.4) is 0 Å². The normalized spacial score (nSPS) is 5.27. The van der Waals surface area contributed by atoms with Gasteiger partial charge in [0.2, 0.25) is 0 Å². The van der Waals surface area contributed by atoms with Crippen molar-refractivity contribution in [2.75, 3.05) is 0 Å². The Hall–Kier alpha value is 0.861. The average Bonchev–Trinajstić information content (AvgIpc) is 2.17. The van der Waals surface area contributed by atoms with Crippen molar-refractivity contribution in [2.24, 2.45) is 0 Å². The first-order chi connectivity index (χ1) is 3.91. The summed E-state index contributed by atoms with van der Waals surface area (Å²) in [6.45, 7) is 4.42. The van der Waals surface area contributed by atoms with Crippen LogP contribution in [0.2, 0.25) is 13.1 Å². The first kappa shape index (κ1) is 22.6. The fourth-order valence-corrected chi connectivity index (χ4v) is 0.321. The van der Waals surface area contributed by atoms with E-state index in [2.05, 4.69) is 13.1 Å². The van der Waals surface area contributed by atoms with Crippen LogP contribution in [0.15, 0.2) is 30.3 Å². The monoisotopic (exact) mass is 242 g/mol. The molecular weight excluding hydrogens is 231 g/mol. The molecule has 0 heterocycles. The van der Waals surface area contributed by atoms with Crippen LogP contribution in [0.1, 0.15) is 0 Å². The Bertz CT molecular complexity index is 83.3. The molecule has 4 heteroatoms. The van der Waals surface area contributed by atoms with E-state index in [0.717, 1.165) is 9.52 Å². The van der Waals surface area contributed by atoms with Gasteiger partial charge in [-0.3, -0.25) is 0 Å². The molecule has 1 rings (SSSR count). The minimum atomic E-state index is 0. The molecule has 1 aromatic rings. The molecule has 1 aromatic carbocycles. The molecule has 0 aromatic heterocycles. The van der Waals surface area contributed by atoms with Gasteiger partial charge in [0.15, 0.2) is 0 Å². The summed E-state index contributed by atoms with van der Waals surface area (Å²) in [6.07, 6.45) is 0. The second-order valence-electron chi connectivity index (χ2n) is 1.54. The van der Waals surface area contributed by atoms with Gasteiger partial charge in [0.1, 0.15) is 0 Å². The molecular formula is C7H12Cl2SiTi. The summed E-state index contributed by atoms with van der Waals surface area (Å²) in [5.41, 5.74) is 0. The van der Waals surface area contributed by atoms with Crippen molar-refractivity contribution in [3.05, 3.63) is 30.3 Å². The second kappa shape index (κ2) is 22.4. The maximum Gasteiger partial charge on any atom is 3.00 e. The summed E-state index contributed by atoms with van der Waals surface area (Å²) >= 11 is 0. The smallest absolute Gasteiger partial charge is 1.00 e. The van der Waals surface area contributed by atoms with Crippen molar-refractivity contribution in [3.8, 4) is 0 Å². The van der Waals surface area contributed by atoms with Crippen molar-refractivity contribution in [1.29, 1.82) is 0 Å². The molecule has 0 saturated carbocycles. The van der Waals surface area contributed by atoms with Gasteiger partial charge in [-0.25, -0.2) is 12.1 Å². The number of hydrogen-bond acceptors (Lipinski definition) is 0. The molecule has 0 spiro atoms. The van der Waals surface area contributed by atoms with Gasteiger partial charge in [0, 0.05) is 9.52 Å². The second-order valence-corrected chi connectivity index (χ2v) is 2.69. The fraction of sp³-hybridized carbons (Fsp3) is 0.286. The zero-order valence-electron chi connectivity index (χ0n) is 6.72. The van der Waals surface area contributed by atoms with Crippen molar-refractivity contribution in [2.45, 2.75) is 13.1 Å². The topological polar surface area (TPSA) is 0 Å². The summed E-state index contributed by atoms with van der Waals surface area (Å²) < 4.78 is 0. The summed E-state index contributed by atoms with van der Waals surface area (Å²) in [5.74, 6) is 0. The Labute approximate surface area is 99.0 Å². The number of rotatable bonds is 0. The zero-order valence-corrected chi connectivity index (χ0v) is 10.9. The Morgan fingerprint density at radius 1 is 1.00 bits per heavy atom. The molecule has 0 aliphatic carbocycles. The maximum atomic E-state index is 2.21. The molecule has 62 valence electrons. The van der Waals surface area contributed by atoms with E-state index in [9.17, 15) is 0 Å². The van der Waals surface area contributed by atoms with E-state index in [1.54, 1.807) is 0 Å². The van der Waals surface area contributed by atoms with E-state index in [1.807, 2.05) is 30.3 Å². The Morgan fingerprint density at radius 3 is 1.36 bits per heavy atom. The van der Waals surface area contributed by atoms with Gasteiger partial charge in [-0.1, -0.05) is 13.1 Å². The van der Waals surface area contributed by atoms with Crippen molar-refractivity contribution in [1.82, 2.24) is 0 Å². The van der Waals surface area contributed by atoms with Gasteiger partial charge < -0.3 is 24.8 Å². The Morgan fingerprint density at radius 2 is 1.27 bits per heavy atom. The number of halogens is 2. The fourth-order valence-electron chi connectivity index (χ4n) is 0.321. The molecule has 0 amide bonds. The molecule has 0 saturated heterocycles. The van der Waals surface area contributed by atoms with E-state index in [1.165, 1.54) is 0 Å². The summed E-state index contributed by atoms with van der Waals surface area (Å²) in [6, 6.07) is 10.0. The SMILES string of the molecule is C[SiH]C.[Cl-].[Cl-].[Ti+3].c1cc[cH-]c1. The maximum absolute atomic E-state index is 2.21. The van der Waals surface area contributed by atoms with Crippen LogP contribution in [-0.4, -0.2) is 9.52 Å². The minimum Gasteiger partial charge on any atom is -1.00 e.